The molecule has 7 aliphatic rings. The molecule has 3 heterocycles. The van der Waals surface area contributed by atoms with Crippen molar-refractivity contribution in [1.29, 1.82) is 0 Å². The third-order valence-corrected chi connectivity index (χ3v) is 24.3. The van der Waals surface area contributed by atoms with Crippen molar-refractivity contribution in [3.63, 3.8) is 0 Å². The van der Waals surface area contributed by atoms with Crippen molar-refractivity contribution in [2.75, 3.05) is 88.6 Å². The molecule has 1 spiro atoms. The van der Waals surface area contributed by atoms with Crippen molar-refractivity contribution in [1.82, 2.24) is 60.0 Å². The van der Waals surface area contributed by atoms with Crippen LogP contribution in [0.1, 0.15) is 208 Å². The zero-order valence-electron chi connectivity index (χ0n) is 63.1. The number of rotatable bonds is 11. The Balaban J connectivity index is 1.28. The summed E-state index contributed by atoms with van der Waals surface area (Å²) in [6.45, 7) is 10.6. The maximum Gasteiger partial charge on any atom is 0.393 e. The highest BCUT2D eigenvalue weighted by Gasteiger charge is 2.53. The molecule has 11 atom stereocenters. The van der Waals surface area contributed by atoms with E-state index in [0.717, 1.165) is 66.1 Å². The lowest BCUT2D eigenvalue weighted by molar-refractivity contribution is -0.182. The van der Waals surface area contributed by atoms with Gasteiger partial charge >= 0.3 is 6.18 Å². The van der Waals surface area contributed by atoms with E-state index in [4.69, 9.17) is 11.6 Å². The largest absolute Gasteiger partial charge is 0.393 e. The van der Waals surface area contributed by atoms with Crippen molar-refractivity contribution in [3.8, 4) is 0 Å². The zero-order chi connectivity index (χ0) is 75.5. The second kappa shape index (κ2) is 36.1. The lowest BCUT2D eigenvalue weighted by Gasteiger charge is -2.43. The van der Waals surface area contributed by atoms with Crippen LogP contribution in [-0.4, -0.2) is 263 Å². The Labute approximate surface area is 608 Å². The van der Waals surface area contributed by atoms with Crippen molar-refractivity contribution >= 4 is 82.5 Å². The Bertz CT molecular complexity index is 3000. The van der Waals surface area contributed by atoms with Crippen molar-refractivity contribution < 1.29 is 70.7 Å². The molecule has 7 rings (SSSR count). The molecule has 0 radical (unpaired) electrons. The summed E-state index contributed by atoms with van der Waals surface area (Å²) in [4.78, 5) is 192. The molecule has 4 aliphatic carbocycles. The summed E-state index contributed by atoms with van der Waals surface area (Å²) in [5, 5.41) is 7.65. The van der Waals surface area contributed by atoms with Gasteiger partial charge in [-0.2, -0.15) is 13.2 Å². The molecule has 576 valence electrons. The second-order valence-electron chi connectivity index (χ2n) is 32.5. The predicted octanol–water partition coefficient (Wildman–Crippen LogP) is 6.73. The molecule has 3 saturated heterocycles. The number of nitrogens with one attached hydrogen (secondary N) is 3. The molecule has 0 bridgehead atoms. The third-order valence-electron chi connectivity index (χ3n) is 23.8. The van der Waals surface area contributed by atoms with E-state index in [1.165, 1.54) is 73.8 Å². The van der Waals surface area contributed by atoms with Crippen LogP contribution in [0.3, 0.4) is 0 Å². The summed E-state index contributed by atoms with van der Waals surface area (Å²) >= 11 is 6.42. The first-order chi connectivity index (χ1) is 47.9. The van der Waals surface area contributed by atoms with Gasteiger partial charge in [0.2, 0.25) is 70.9 Å². The standard InChI is InChI=1S/C74H120ClF3N12O12/c1-14-47(4)62-69(100)84(9)43-60(93)82(7)44-61(94)86(11)56(40-48-24-17-15-18-25-48)67(98)83(8)42-58(91)79-53(32-30-49-29-31-51(52(75)39-49)74(76,77)78)66(97)90-36-23-28-54(90)65(96)81-73(33-21-22-34-73)71(102)88(13)63(50-26-19-16-20-27-50)70(101)87(12)57(68(99)89-37-35-72(5,6)45-89)41-59(92)85(10)55(38-46(2)3)64(95)80-62/h46-57,62-63H,14-45H2,1-13H3,(H,79,91)(H,80,95)(H,81,96)/t47-,49?,51?,52?,53-,54-,55-,56-,57-,62-,63-/m0/s1. The van der Waals surface area contributed by atoms with Gasteiger partial charge in [-0.3, -0.25) is 57.5 Å². The van der Waals surface area contributed by atoms with Gasteiger partial charge in [-0.1, -0.05) is 112 Å². The fraction of sp³-hybridized carbons (Fsp3) is 0.838. The predicted molar refractivity (Wildman–Crippen MR) is 379 cm³/mol. The summed E-state index contributed by atoms with van der Waals surface area (Å²) in [5.41, 5.74) is -1.85. The summed E-state index contributed by atoms with van der Waals surface area (Å²) < 4.78 is 42.1. The molecule has 4 saturated carbocycles. The second-order valence-corrected chi connectivity index (χ2v) is 33.1. The molecular formula is C74H120ClF3N12O12. The summed E-state index contributed by atoms with van der Waals surface area (Å²) in [5.74, 6) is -10.6. The van der Waals surface area contributed by atoms with E-state index in [1.54, 1.807) is 11.8 Å². The number of hydrogen-bond acceptors (Lipinski definition) is 12. The van der Waals surface area contributed by atoms with Gasteiger partial charge in [0.15, 0.2) is 0 Å². The number of carbonyl (C=O) groups excluding carboxylic acids is 12. The molecule has 0 aromatic rings. The molecule has 102 heavy (non-hydrogen) atoms. The van der Waals surface area contributed by atoms with Crippen LogP contribution in [0.4, 0.5) is 13.2 Å². The zero-order valence-corrected chi connectivity index (χ0v) is 63.9. The molecule has 12 amide bonds. The van der Waals surface area contributed by atoms with E-state index < -0.39 is 174 Å². The van der Waals surface area contributed by atoms with Crippen LogP contribution < -0.4 is 16.0 Å². The van der Waals surface area contributed by atoms with Crippen LogP contribution in [0, 0.1) is 40.9 Å². The number of fused-ring (bicyclic) bond motifs is 1. The van der Waals surface area contributed by atoms with Crippen LogP contribution in [0.2, 0.25) is 0 Å². The van der Waals surface area contributed by atoms with Crippen LogP contribution in [0.5, 0.6) is 0 Å². The minimum Gasteiger partial charge on any atom is -0.343 e. The molecule has 24 nitrogen and oxygen atoms in total. The molecule has 3 aliphatic heterocycles. The number of likely N-dealkylation sites (N-methyl/N-ethyl adjacent to an activating group) is 7. The molecular weight excluding hydrogens is 1340 g/mol. The van der Waals surface area contributed by atoms with Crippen molar-refractivity contribution in [2.24, 2.45) is 40.9 Å². The Morgan fingerprint density at radius 2 is 1.21 bits per heavy atom. The number of hydrogen-bond donors (Lipinski definition) is 3. The Hall–Kier alpha value is -6.28. The number of likely N-dealkylation sites (tertiary alicyclic amines) is 1. The molecule has 0 aromatic carbocycles. The lowest BCUT2D eigenvalue weighted by Crippen LogP contribution is -2.65. The Morgan fingerprint density at radius 3 is 1.79 bits per heavy atom. The van der Waals surface area contributed by atoms with E-state index in [0.29, 0.717) is 58.0 Å². The lowest BCUT2D eigenvalue weighted by atomic mass is 9.78. The summed E-state index contributed by atoms with van der Waals surface area (Å²) in [6, 6.07) is -8.57. The summed E-state index contributed by atoms with van der Waals surface area (Å²) in [6.07, 6.45) is 6.28. The first kappa shape index (κ1) is 83.0. The van der Waals surface area contributed by atoms with Gasteiger partial charge < -0.3 is 60.0 Å². The van der Waals surface area contributed by atoms with Crippen LogP contribution in [0.25, 0.3) is 0 Å². The van der Waals surface area contributed by atoms with Crippen molar-refractivity contribution in [3.05, 3.63) is 0 Å². The maximum atomic E-state index is 15.9. The van der Waals surface area contributed by atoms with Gasteiger partial charge in [-0.15, -0.1) is 11.6 Å². The third kappa shape index (κ3) is 20.8. The highest BCUT2D eigenvalue weighted by molar-refractivity contribution is 6.21. The SMILES string of the molecule is CC[C@H](C)[C@@H]1NC(=O)[C@H](CC(C)C)N(C)C(=O)C[C@@H](C(=O)N2CCC(C)(C)C2)N(C)C(=O)[C@H](C2CCCCC2)N(C)C(=O)C2(CCCC2)NC(=O)[C@@H]2CCCN2C(=O)[C@H](CCC2CCC(C(F)(F)F)C(Cl)C2)NC(=O)CN(C)C(=O)[C@H](CC2CCCCC2)N(C)C(=O)CN(C)C(=O)CN(C)C1=O. The molecule has 7 fully saturated rings. The normalized spacial score (nSPS) is 30.2. The number of halogens is 4. The number of amides is 12. The van der Waals surface area contributed by atoms with E-state index in [-0.39, 0.29) is 93.9 Å². The molecule has 3 N–H and O–H groups in total. The topological polar surface area (TPSA) is 270 Å². The molecule has 28 heteroatoms. The highest BCUT2D eigenvalue weighted by atomic mass is 35.5. The fourth-order valence-corrected chi connectivity index (χ4v) is 17.5. The van der Waals surface area contributed by atoms with Gasteiger partial charge in [0.25, 0.3) is 0 Å². The van der Waals surface area contributed by atoms with Gasteiger partial charge in [-0.25, -0.2) is 0 Å². The van der Waals surface area contributed by atoms with Gasteiger partial charge in [-0.05, 0) is 125 Å². The van der Waals surface area contributed by atoms with E-state index in [1.807, 2.05) is 34.6 Å². The van der Waals surface area contributed by atoms with Gasteiger partial charge in [0, 0.05) is 74.3 Å². The van der Waals surface area contributed by atoms with E-state index >= 15 is 28.8 Å². The van der Waals surface area contributed by atoms with E-state index in [2.05, 4.69) is 16.0 Å². The monoisotopic (exact) mass is 1460 g/mol. The Kier molecular flexibility index (Phi) is 29.4. The van der Waals surface area contributed by atoms with Crippen molar-refractivity contribution in [2.45, 2.75) is 268 Å². The van der Waals surface area contributed by atoms with Crippen LogP contribution >= 0.6 is 11.6 Å². The molecule has 3 unspecified atom stereocenters. The first-order valence-corrected chi connectivity index (χ1v) is 38.3. The first-order valence-electron chi connectivity index (χ1n) is 37.9. The number of carbonyl (C=O) groups is 12. The van der Waals surface area contributed by atoms with Crippen LogP contribution in [-0.2, 0) is 57.5 Å². The smallest absolute Gasteiger partial charge is 0.343 e. The maximum absolute atomic E-state index is 15.9. The highest BCUT2D eigenvalue weighted by Crippen LogP contribution is 2.44. The number of alkyl halides is 4. The number of nitrogens with zero attached hydrogens (tertiary/aromatic N) is 9. The van der Waals surface area contributed by atoms with Crippen LogP contribution in [0.15, 0.2) is 0 Å². The fourth-order valence-electron chi connectivity index (χ4n) is 17.0. The average Bonchev–Trinajstić information content (AvgIpc) is 1.44. The van der Waals surface area contributed by atoms with Gasteiger partial charge in [0.05, 0.1) is 32.0 Å². The minimum atomic E-state index is -4.51. The van der Waals surface area contributed by atoms with Gasteiger partial charge in [0.1, 0.15) is 47.8 Å². The minimum absolute atomic E-state index is 0.00161. The quantitative estimate of drug-likeness (QED) is 0.182. The Morgan fingerprint density at radius 1 is 0.598 bits per heavy atom. The van der Waals surface area contributed by atoms with E-state index in [9.17, 15) is 41.9 Å². The average molecular weight is 1460 g/mol. The molecule has 0 aromatic heterocycles. The summed E-state index contributed by atoms with van der Waals surface area (Å²) in [7, 11) is 10.1.